The highest BCUT2D eigenvalue weighted by molar-refractivity contribution is 5.95. The summed E-state index contributed by atoms with van der Waals surface area (Å²) >= 11 is 0. The lowest BCUT2D eigenvalue weighted by Crippen LogP contribution is -2.42. The SMILES string of the molecule is COC(=O)C1[C@H]2CN(C(=O)[C@@H]3CC[C@H](NC(=O)c4cc(C)oc4C)CN(C)C3)C[C@@H]12.O=CO. The molecule has 4 rings (SSSR count). The summed E-state index contributed by atoms with van der Waals surface area (Å²) in [5, 5.41) is 10.00. The highest BCUT2D eigenvalue weighted by atomic mass is 16.5. The molecule has 0 spiro atoms. The van der Waals surface area contributed by atoms with Crippen molar-refractivity contribution in [1.82, 2.24) is 15.1 Å². The Kier molecular flexibility index (Phi) is 7.78. The van der Waals surface area contributed by atoms with Gasteiger partial charge in [-0.3, -0.25) is 19.2 Å². The lowest BCUT2D eigenvalue weighted by Gasteiger charge is -2.26. The van der Waals surface area contributed by atoms with Crippen molar-refractivity contribution in [2.45, 2.75) is 32.7 Å². The van der Waals surface area contributed by atoms with E-state index in [0.29, 0.717) is 37.5 Å². The topological polar surface area (TPSA) is 129 Å². The van der Waals surface area contributed by atoms with Crippen LogP contribution in [0.4, 0.5) is 0 Å². The van der Waals surface area contributed by atoms with Crippen molar-refractivity contribution in [3.05, 3.63) is 23.2 Å². The van der Waals surface area contributed by atoms with Gasteiger partial charge in [0.05, 0.1) is 24.5 Å². The first kappa shape index (κ1) is 24.8. The van der Waals surface area contributed by atoms with Crippen molar-refractivity contribution in [2.75, 3.05) is 40.3 Å². The van der Waals surface area contributed by atoms with Gasteiger partial charge in [-0.2, -0.15) is 0 Å². The van der Waals surface area contributed by atoms with Gasteiger partial charge >= 0.3 is 5.97 Å². The Morgan fingerprint density at radius 1 is 1.15 bits per heavy atom. The van der Waals surface area contributed by atoms with Gasteiger partial charge in [-0.15, -0.1) is 0 Å². The summed E-state index contributed by atoms with van der Waals surface area (Å²) in [6.07, 6.45) is 1.50. The number of likely N-dealkylation sites (N-methyl/N-ethyl adjacent to an activating group) is 1. The Morgan fingerprint density at radius 2 is 1.79 bits per heavy atom. The van der Waals surface area contributed by atoms with Gasteiger partial charge < -0.3 is 29.4 Å². The van der Waals surface area contributed by atoms with Crippen LogP contribution in [0.5, 0.6) is 0 Å². The van der Waals surface area contributed by atoms with Crippen molar-refractivity contribution in [2.24, 2.45) is 23.7 Å². The van der Waals surface area contributed by atoms with E-state index >= 15 is 0 Å². The average molecular weight is 464 g/mol. The number of carboxylic acid groups (broad SMARTS) is 1. The van der Waals surface area contributed by atoms with Crippen molar-refractivity contribution in [3.63, 3.8) is 0 Å². The van der Waals surface area contributed by atoms with Crippen LogP contribution in [-0.2, 0) is 19.1 Å². The number of hydrogen-bond acceptors (Lipinski definition) is 7. The molecule has 2 aliphatic heterocycles. The van der Waals surface area contributed by atoms with Gasteiger partial charge in [0, 0.05) is 32.2 Å². The molecule has 10 heteroatoms. The maximum atomic E-state index is 13.1. The van der Waals surface area contributed by atoms with Crippen molar-refractivity contribution < 1.29 is 33.4 Å². The van der Waals surface area contributed by atoms with Gasteiger partial charge in [-0.25, -0.2) is 0 Å². The quantitative estimate of drug-likeness (QED) is 0.498. The second-order valence-electron chi connectivity index (χ2n) is 9.22. The molecule has 5 atom stereocenters. The fourth-order valence-corrected chi connectivity index (χ4v) is 5.30. The van der Waals surface area contributed by atoms with E-state index in [-0.39, 0.29) is 54.0 Å². The average Bonchev–Trinajstić information content (AvgIpc) is 3.14. The maximum Gasteiger partial charge on any atom is 0.309 e. The van der Waals surface area contributed by atoms with Gasteiger partial charge in [0.2, 0.25) is 5.91 Å². The number of carbonyl (C=O) groups is 4. The number of methoxy groups -OCH3 is 1. The van der Waals surface area contributed by atoms with Crippen molar-refractivity contribution in [3.8, 4) is 0 Å². The first-order valence-electron chi connectivity index (χ1n) is 11.2. The largest absolute Gasteiger partial charge is 0.483 e. The third-order valence-electron chi connectivity index (χ3n) is 6.88. The normalized spacial score (nSPS) is 28.6. The molecule has 3 aliphatic rings. The fraction of sp³-hybridized carbons (Fsp3) is 0.652. The minimum Gasteiger partial charge on any atom is -0.483 e. The number of nitrogens with zero attached hydrogens (tertiary/aromatic N) is 2. The summed E-state index contributed by atoms with van der Waals surface area (Å²) in [4.78, 5) is 49.9. The monoisotopic (exact) mass is 463 g/mol. The molecule has 0 aromatic carbocycles. The van der Waals surface area contributed by atoms with Crippen LogP contribution in [0.15, 0.2) is 10.5 Å². The molecule has 1 aromatic heterocycles. The van der Waals surface area contributed by atoms with E-state index < -0.39 is 0 Å². The zero-order valence-corrected chi connectivity index (χ0v) is 19.6. The van der Waals surface area contributed by atoms with Gasteiger partial charge in [0.25, 0.3) is 12.4 Å². The minimum atomic E-state index is -0.250. The van der Waals surface area contributed by atoms with Crippen molar-refractivity contribution in [1.29, 1.82) is 0 Å². The molecule has 3 fully saturated rings. The molecule has 1 saturated carbocycles. The Bertz CT molecular complexity index is 887. The lowest BCUT2D eigenvalue weighted by atomic mass is 10.00. The first-order valence-corrected chi connectivity index (χ1v) is 11.2. The number of furan rings is 1. The van der Waals surface area contributed by atoms with E-state index in [2.05, 4.69) is 10.2 Å². The summed E-state index contributed by atoms with van der Waals surface area (Å²) in [7, 11) is 3.41. The standard InChI is InChI=1S/C22H31N3O5.CH2O2/c1-12-7-16(13(2)30-12)20(26)23-15-6-5-14(8-24(3)9-15)21(27)25-10-17-18(11-25)19(17)22(28)29-4;2-1-3/h7,14-15,17-19H,5-6,8-11H2,1-4H3,(H,23,26);1H,(H,2,3)/t14-,15+,17-,18+,19?;/m1./s1. The first-order chi connectivity index (χ1) is 15.7. The second kappa shape index (κ2) is 10.4. The summed E-state index contributed by atoms with van der Waals surface area (Å²) in [6, 6.07) is 1.75. The van der Waals surface area contributed by atoms with Crippen LogP contribution < -0.4 is 5.32 Å². The number of rotatable bonds is 4. The molecular weight excluding hydrogens is 430 g/mol. The maximum absolute atomic E-state index is 13.1. The van der Waals surface area contributed by atoms with Crippen LogP contribution in [0.1, 0.15) is 34.7 Å². The van der Waals surface area contributed by atoms with Crippen LogP contribution in [-0.4, -0.2) is 85.5 Å². The highest BCUT2D eigenvalue weighted by Gasteiger charge is 2.61. The number of esters is 1. The molecule has 0 radical (unpaired) electrons. The van der Waals surface area contributed by atoms with E-state index in [9.17, 15) is 14.4 Å². The Labute approximate surface area is 193 Å². The number of piperidine rings is 1. The zero-order chi connectivity index (χ0) is 24.3. The number of aryl methyl sites for hydroxylation is 2. The Balaban J connectivity index is 0.000000968. The summed E-state index contributed by atoms with van der Waals surface area (Å²) in [6.45, 7) is 6.07. The van der Waals surface area contributed by atoms with E-state index in [0.717, 1.165) is 18.6 Å². The van der Waals surface area contributed by atoms with Gasteiger partial charge in [-0.1, -0.05) is 0 Å². The number of likely N-dealkylation sites (tertiary alicyclic amines) is 2. The van der Waals surface area contributed by atoms with Crippen molar-refractivity contribution >= 4 is 24.3 Å². The number of hydrogen-bond donors (Lipinski definition) is 2. The van der Waals surface area contributed by atoms with Crippen LogP contribution in [0.3, 0.4) is 0 Å². The second-order valence-corrected chi connectivity index (χ2v) is 9.22. The predicted molar refractivity (Wildman–Crippen MR) is 117 cm³/mol. The summed E-state index contributed by atoms with van der Waals surface area (Å²) < 4.78 is 10.3. The highest BCUT2D eigenvalue weighted by Crippen LogP contribution is 2.52. The molecule has 2 N–H and O–H groups in total. The molecule has 10 nitrogen and oxygen atoms in total. The molecule has 33 heavy (non-hydrogen) atoms. The summed E-state index contributed by atoms with van der Waals surface area (Å²) in [5.41, 5.74) is 0.573. The summed E-state index contributed by atoms with van der Waals surface area (Å²) in [5.74, 6) is 1.67. The van der Waals surface area contributed by atoms with E-state index in [1.165, 1.54) is 7.11 Å². The van der Waals surface area contributed by atoms with Crippen LogP contribution in [0.25, 0.3) is 0 Å². The number of nitrogens with one attached hydrogen (secondary N) is 1. The van der Waals surface area contributed by atoms with Crippen LogP contribution in [0.2, 0.25) is 0 Å². The fourth-order valence-electron chi connectivity index (χ4n) is 5.30. The van der Waals surface area contributed by atoms with E-state index in [1.54, 1.807) is 13.0 Å². The number of fused-ring (bicyclic) bond motifs is 1. The lowest BCUT2D eigenvalue weighted by molar-refractivity contribution is -0.144. The van der Waals surface area contributed by atoms with E-state index in [4.69, 9.17) is 19.1 Å². The third kappa shape index (κ3) is 5.55. The molecule has 182 valence electrons. The van der Waals surface area contributed by atoms with Crippen LogP contribution >= 0.6 is 0 Å². The molecule has 1 aromatic rings. The van der Waals surface area contributed by atoms with E-state index in [1.807, 2.05) is 18.9 Å². The molecule has 3 heterocycles. The molecule has 0 bridgehead atoms. The zero-order valence-electron chi connectivity index (χ0n) is 19.6. The number of ether oxygens (including phenoxy) is 1. The van der Waals surface area contributed by atoms with Gasteiger partial charge in [0.1, 0.15) is 11.5 Å². The molecule has 2 saturated heterocycles. The van der Waals surface area contributed by atoms with Gasteiger partial charge in [0.15, 0.2) is 0 Å². The third-order valence-corrected chi connectivity index (χ3v) is 6.88. The number of amides is 2. The van der Waals surface area contributed by atoms with Crippen LogP contribution in [0, 0.1) is 37.5 Å². The molecule has 2 amide bonds. The predicted octanol–water partition coefficient (Wildman–Crippen LogP) is 0.915. The molecule has 1 aliphatic carbocycles. The number of carbonyl (C=O) groups excluding carboxylic acids is 3. The smallest absolute Gasteiger partial charge is 0.309 e. The van der Waals surface area contributed by atoms with Gasteiger partial charge in [-0.05, 0) is 51.6 Å². The minimum absolute atomic E-state index is 0.00871. The molecule has 1 unspecified atom stereocenters. The molecular formula is C23H33N3O7. The Morgan fingerprint density at radius 3 is 2.33 bits per heavy atom. The Hall–Kier alpha value is -2.88.